The van der Waals surface area contributed by atoms with Crippen molar-refractivity contribution >= 4 is 0 Å². The molecule has 0 aliphatic heterocycles. The standard InChI is InChI=1S/C12H24/c1-5-7-8-9-10-11-12(3,4)6-2/h10-11H,5-9H2,1-4H3. The highest BCUT2D eigenvalue weighted by molar-refractivity contribution is 4.93. The first-order valence-corrected chi connectivity index (χ1v) is 5.30. The van der Waals surface area contributed by atoms with Gasteiger partial charge in [-0.15, -0.1) is 0 Å². The van der Waals surface area contributed by atoms with Crippen LogP contribution in [0.4, 0.5) is 0 Å². The Morgan fingerprint density at radius 3 is 2.25 bits per heavy atom. The van der Waals surface area contributed by atoms with Crippen LogP contribution in [0, 0.1) is 5.41 Å². The van der Waals surface area contributed by atoms with Crippen molar-refractivity contribution in [1.82, 2.24) is 0 Å². The minimum absolute atomic E-state index is 0.409. The third-order valence-electron chi connectivity index (χ3n) is 2.45. The van der Waals surface area contributed by atoms with E-state index in [0.717, 1.165) is 0 Å². The molecule has 0 heterocycles. The van der Waals surface area contributed by atoms with Crippen LogP contribution >= 0.6 is 0 Å². The molecule has 0 unspecified atom stereocenters. The van der Waals surface area contributed by atoms with Gasteiger partial charge in [0.05, 0.1) is 0 Å². The molecule has 0 saturated carbocycles. The fourth-order valence-corrected chi connectivity index (χ4v) is 1.03. The largest absolute Gasteiger partial charge is 0.0880 e. The molecule has 0 fully saturated rings. The Balaban J connectivity index is 3.47. The molecule has 0 spiro atoms. The predicted molar refractivity (Wildman–Crippen MR) is 57.4 cm³/mol. The van der Waals surface area contributed by atoms with Crippen molar-refractivity contribution in [2.24, 2.45) is 5.41 Å². The molecule has 0 nitrogen and oxygen atoms in total. The summed E-state index contributed by atoms with van der Waals surface area (Å²) < 4.78 is 0. The van der Waals surface area contributed by atoms with Crippen LogP contribution in [0.2, 0.25) is 0 Å². The van der Waals surface area contributed by atoms with Gasteiger partial charge in [0.2, 0.25) is 0 Å². The quantitative estimate of drug-likeness (QED) is 0.403. The average Bonchev–Trinajstić information content (AvgIpc) is 2.04. The Bertz CT molecular complexity index is 120. The van der Waals surface area contributed by atoms with Gasteiger partial charge in [0.1, 0.15) is 0 Å². The molecular formula is C12H24. The highest BCUT2D eigenvalue weighted by Crippen LogP contribution is 2.21. The number of allylic oxidation sites excluding steroid dienone is 2. The maximum absolute atomic E-state index is 2.36. The van der Waals surface area contributed by atoms with Crippen LogP contribution in [0.5, 0.6) is 0 Å². The number of unbranched alkanes of at least 4 members (excludes halogenated alkanes) is 3. The van der Waals surface area contributed by atoms with Gasteiger partial charge in [0.25, 0.3) is 0 Å². The van der Waals surface area contributed by atoms with Gasteiger partial charge in [-0.1, -0.05) is 52.7 Å². The number of hydrogen-bond donors (Lipinski definition) is 0. The maximum Gasteiger partial charge on any atom is -0.0177 e. The molecule has 0 heteroatoms. The lowest BCUT2D eigenvalue weighted by atomic mass is 9.89. The van der Waals surface area contributed by atoms with Crippen LogP contribution in [0.25, 0.3) is 0 Å². The normalized spacial score (nSPS) is 12.7. The predicted octanol–water partition coefficient (Wildman–Crippen LogP) is 4.56. The van der Waals surface area contributed by atoms with Crippen LogP contribution in [-0.4, -0.2) is 0 Å². The Morgan fingerprint density at radius 2 is 1.75 bits per heavy atom. The molecule has 0 aromatic rings. The molecule has 0 radical (unpaired) electrons. The smallest absolute Gasteiger partial charge is 0.0177 e. The van der Waals surface area contributed by atoms with Crippen molar-refractivity contribution in [3.8, 4) is 0 Å². The van der Waals surface area contributed by atoms with E-state index in [-0.39, 0.29) is 0 Å². The van der Waals surface area contributed by atoms with E-state index in [1.165, 1.54) is 32.1 Å². The van der Waals surface area contributed by atoms with Crippen LogP contribution in [-0.2, 0) is 0 Å². The monoisotopic (exact) mass is 168 g/mol. The fraction of sp³-hybridized carbons (Fsp3) is 0.833. The number of rotatable bonds is 6. The van der Waals surface area contributed by atoms with Crippen LogP contribution in [0.15, 0.2) is 12.2 Å². The van der Waals surface area contributed by atoms with Crippen molar-refractivity contribution < 1.29 is 0 Å². The topological polar surface area (TPSA) is 0 Å². The van der Waals surface area contributed by atoms with E-state index in [0.29, 0.717) is 5.41 Å². The van der Waals surface area contributed by atoms with E-state index in [4.69, 9.17) is 0 Å². The molecule has 0 atom stereocenters. The van der Waals surface area contributed by atoms with E-state index < -0.39 is 0 Å². The first-order chi connectivity index (χ1) is 5.62. The number of hydrogen-bond acceptors (Lipinski definition) is 0. The minimum atomic E-state index is 0.409. The molecular weight excluding hydrogens is 144 g/mol. The fourth-order valence-electron chi connectivity index (χ4n) is 1.03. The summed E-state index contributed by atoms with van der Waals surface area (Å²) in [5, 5.41) is 0. The lowest BCUT2D eigenvalue weighted by Crippen LogP contribution is -2.03. The molecule has 12 heavy (non-hydrogen) atoms. The van der Waals surface area contributed by atoms with E-state index in [1.54, 1.807) is 0 Å². The summed E-state index contributed by atoms with van der Waals surface area (Å²) in [5.41, 5.74) is 0.409. The summed E-state index contributed by atoms with van der Waals surface area (Å²) in [6.07, 6.45) is 11.3. The molecule has 0 aromatic carbocycles. The summed E-state index contributed by atoms with van der Waals surface area (Å²) in [7, 11) is 0. The van der Waals surface area contributed by atoms with Gasteiger partial charge in [-0.05, 0) is 24.7 Å². The second-order valence-corrected chi connectivity index (χ2v) is 4.24. The Hall–Kier alpha value is -0.260. The molecule has 0 aromatic heterocycles. The SMILES string of the molecule is CCCCCC=CC(C)(C)CC. The van der Waals surface area contributed by atoms with E-state index in [9.17, 15) is 0 Å². The van der Waals surface area contributed by atoms with Gasteiger partial charge < -0.3 is 0 Å². The van der Waals surface area contributed by atoms with Crippen molar-refractivity contribution in [1.29, 1.82) is 0 Å². The van der Waals surface area contributed by atoms with Crippen molar-refractivity contribution in [3.05, 3.63) is 12.2 Å². The van der Waals surface area contributed by atoms with Crippen molar-refractivity contribution in [3.63, 3.8) is 0 Å². The second-order valence-electron chi connectivity index (χ2n) is 4.24. The van der Waals surface area contributed by atoms with Gasteiger partial charge >= 0.3 is 0 Å². The van der Waals surface area contributed by atoms with E-state index in [1.807, 2.05) is 0 Å². The zero-order chi connectivity index (χ0) is 9.45. The third kappa shape index (κ3) is 6.45. The molecule has 0 amide bonds. The Kier molecular flexibility index (Phi) is 6.14. The average molecular weight is 168 g/mol. The summed E-state index contributed by atoms with van der Waals surface area (Å²) in [6, 6.07) is 0. The molecule has 0 aliphatic carbocycles. The maximum atomic E-state index is 2.36. The van der Waals surface area contributed by atoms with E-state index in [2.05, 4.69) is 39.8 Å². The second kappa shape index (κ2) is 6.28. The Morgan fingerprint density at radius 1 is 1.08 bits per heavy atom. The highest BCUT2D eigenvalue weighted by atomic mass is 14.1. The van der Waals surface area contributed by atoms with Gasteiger partial charge in [-0.2, -0.15) is 0 Å². The zero-order valence-corrected chi connectivity index (χ0v) is 9.19. The molecule has 0 N–H and O–H groups in total. The van der Waals surface area contributed by atoms with Gasteiger partial charge in [-0.3, -0.25) is 0 Å². The van der Waals surface area contributed by atoms with Gasteiger partial charge in [0.15, 0.2) is 0 Å². The molecule has 0 rings (SSSR count). The van der Waals surface area contributed by atoms with Crippen molar-refractivity contribution in [2.45, 2.75) is 59.8 Å². The molecule has 0 saturated heterocycles. The molecule has 72 valence electrons. The lowest BCUT2D eigenvalue weighted by Gasteiger charge is -2.16. The summed E-state index contributed by atoms with van der Waals surface area (Å²) in [5.74, 6) is 0. The van der Waals surface area contributed by atoms with Crippen LogP contribution in [0.3, 0.4) is 0 Å². The molecule has 0 bridgehead atoms. The first-order valence-electron chi connectivity index (χ1n) is 5.30. The lowest BCUT2D eigenvalue weighted by molar-refractivity contribution is 0.460. The zero-order valence-electron chi connectivity index (χ0n) is 9.19. The summed E-state index contributed by atoms with van der Waals surface area (Å²) >= 11 is 0. The van der Waals surface area contributed by atoms with Gasteiger partial charge in [0, 0.05) is 0 Å². The highest BCUT2D eigenvalue weighted by Gasteiger charge is 2.08. The molecule has 0 aliphatic rings. The summed E-state index contributed by atoms with van der Waals surface area (Å²) in [6.45, 7) is 9.09. The minimum Gasteiger partial charge on any atom is -0.0880 e. The first kappa shape index (κ1) is 11.7. The van der Waals surface area contributed by atoms with Crippen molar-refractivity contribution in [2.75, 3.05) is 0 Å². The summed E-state index contributed by atoms with van der Waals surface area (Å²) in [4.78, 5) is 0. The van der Waals surface area contributed by atoms with Crippen LogP contribution < -0.4 is 0 Å². The Labute approximate surface area is 78.1 Å². The van der Waals surface area contributed by atoms with Gasteiger partial charge in [-0.25, -0.2) is 0 Å². The van der Waals surface area contributed by atoms with Crippen LogP contribution in [0.1, 0.15) is 59.8 Å². The van der Waals surface area contributed by atoms with E-state index >= 15 is 0 Å². The third-order valence-corrected chi connectivity index (χ3v) is 2.45.